The van der Waals surface area contributed by atoms with E-state index in [-0.39, 0.29) is 11.5 Å². The Kier molecular flexibility index (Phi) is 3.40. The maximum Gasteiger partial charge on any atom is 0.280 e. The SMILES string of the molecule is CC1(C)C2CC(O)[C@@](C)(OBCc3coc4ccccc34)[C@H]1C2. The van der Waals surface area contributed by atoms with Crippen LogP contribution in [0.3, 0.4) is 0 Å². The lowest BCUT2D eigenvalue weighted by molar-refractivity contribution is -0.234. The van der Waals surface area contributed by atoms with Gasteiger partial charge in [0.2, 0.25) is 0 Å². The van der Waals surface area contributed by atoms with Gasteiger partial charge < -0.3 is 14.2 Å². The summed E-state index contributed by atoms with van der Waals surface area (Å²) in [6.07, 6.45) is 4.36. The summed E-state index contributed by atoms with van der Waals surface area (Å²) < 4.78 is 11.9. The number of para-hydroxylation sites is 1. The molecule has 0 amide bonds. The molecule has 4 heteroatoms. The van der Waals surface area contributed by atoms with Crippen LogP contribution in [0.15, 0.2) is 34.9 Å². The highest BCUT2D eigenvalue weighted by Crippen LogP contribution is 2.63. The molecule has 2 aromatic rings. The van der Waals surface area contributed by atoms with Crippen molar-refractivity contribution in [3.8, 4) is 0 Å². The summed E-state index contributed by atoms with van der Waals surface area (Å²) in [5.74, 6) is 1.10. The van der Waals surface area contributed by atoms with Crippen LogP contribution in [-0.2, 0) is 11.0 Å². The molecule has 0 aliphatic heterocycles. The minimum atomic E-state index is -0.419. The Labute approximate surface area is 138 Å². The molecule has 1 aromatic carbocycles. The summed E-state index contributed by atoms with van der Waals surface area (Å²) in [5, 5.41) is 11.7. The molecule has 2 unspecified atom stereocenters. The van der Waals surface area contributed by atoms with Crippen molar-refractivity contribution in [3.63, 3.8) is 0 Å². The van der Waals surface area contributed by atoms with Crippen LogP contribution >= 0.6 is 0 Å². The number of fused-ring (bicyclic) bond motifs is 3. The Hall–Kier alpha value is -1.26. The van der Waals surface area contributed by atoms with E-state index in [1.54, 1.807) is 0 Å². The van der Waals surface area contributed by atoms with Crippen LogP contribution in [0.5, 0.6) is 0 Å². The molecule has 1 heterocycles. The van der Waals surface area contributed by atoms with Gasteiger partial charge in [-0.05, 0) is 55.0 Å². The molecule has 1 N–H and O–H groups in total. The number of rotatable bonds is 4. The van der Waals surface area contributed by atoms with E-state index in [0.717, 1.165) is 23.7 Å². The molecular formula is C19H25BO3. The Balaban J connectivity index is 1.46. The third-order valence-corrected chi connectivity index (χ3v) is 6.68. The zero-order chi connectivity index (χ0) is 16.2. The Morgan fingerprint density at radius 3 is 2.83 bits per heavy atom. The number of aliphatic hydroxyl groups is 1. The molecule has 0 spiro atoms. The predicted octanol–water partition coefficient (Wildman–Crippen LogP) is 3.49. The van der Waals surface area contributed by atoms with E-state index in [1.807, 2.05) is 24.5 Å². The van der Waals surface area contributed by atoms with Gasteiger partial charge in [-0.25, -0.2) is 0 Å². The number of furan rings is 1. The quantitative estimate of drug-likeness (QED) is 0.879. The summed E-state index contributed by atoms with van der Waals surface area (Å²) in [5.41, 5.74) is 1.98. The molecule has 0 saturated heterocycles. The van der Waals surface area contributed by atoms with Gasteiger partial charge in [-0.3, -0.25) is 0 Å². The Morgan fingerprint density at radius 1 is 1.26 bits per heavy atom. The van der Waals surface area contributed by atoms with Crippen LogP contribution in [0.2, 0.25) is 0 Å². The van der Waals surface area contributed by atoms with E-state index in [4.69, 9.17) is 9.07 Å². The summed E-state index contributed by atoms with van der Waals surface area (Å²) in [7, 11) is 0.619. The molecule has 23 heavy (non-hydrogen) atoms. The van der Waals surface area contributed by atoms with Gasteiger partial charge in [0.15, 0.2) is 0 Å². The third kappa shape index (κ3) is 2.19. The number of hydrogen-bond acceptors (Lipinski definition) is 3. The molecule has 0 radical (unpaired) electrons. The maximum atomic E-state index is 10.5. The smallest absolute Gasteiger partial charge is 0.280 e. The average Bonchev–Trinajstić information content (AvgIpc) is 2.93. The lowest BCUT2D eigenvalue weighted by atomic mass is 9.43. The zero-order valence-electron chi connectivity index (χ0n) is 14.2. The fourth-order valence-corrected chi connectivity index (χ4v) is 4.93. The van der Waals surface area contributed by atoms with Gasteiger partial charge >= 0.3 is 0 Å². The lowest BCUT2D eigenvalue weighted by Crippen LogP contribution is -2.67. The number of aliphatic hydroxyl groups excluding tert-OH is 1. The third-order valence-electron chi connectivity index (χ3n) is 6.68. The van der Waals surface area contributed by atoms with E-state index in [2.05, 4.69) is 26.8 Å². The fourth-order valence-electron chi connectivity index (χ4n) is 4.93. The van der Waals surface area contributed by atoms with E-state index in [0.29, 0.717) is 19.3 Å². The van der Waals surface area contributed by atoms with Crippen LogP contribution in [0, 0.1) is 17.3 Å². The van der Waals surface area contributed by atoms with Gasteiger partial charge in [-0.15, -0.1) is 0 Å². The van der Waals surface area contributed by atoms with Gasteiger partial charge in [0.1, 0.15) is 5.58 Å². The number of benzene rings is 1. The lowest BCUT2D eigenvalue weighted by Gasteiger charge is -2.65. The van der Waals surface area contributed by atoms with Crippen LogP contribution < -0.4 is 0 Å². The molecule has 3 aliphatic carbocycles. The van der Waals surface area contributed by atoms with E-state index < -0.39 is 5.60 Å². The van der Waals surface area contributed by atoms with Gasteiger partial charge in [-0.2, -0.15) is 0 Å². The molecule has 4 atom stereocenters. The standard InChI is InChI=1S/C19H25BO3/c1-18(2)13-8-16(18)19(3,17(21)9-13)23-20-10-12-11-22-15-7-5-4-6-14(12)15/h4-7,11,13,16-17,20-21H,8-10H2,1-3H3/t13?,16-,17?,19-/m0/s1. The molecular weight excluding hydrogens is 287 g/mol. The molecule has 122 valence electrons. The first-order valence-electron chi connectivity index (χ1n) is 8.70. The summed E-state index contributed by atoms with van der Waals surface area (Å²) in [6.45, 7) is 6.75. The zero-order valence-corrected chi connectivity index (χ0v) is 14.2. The van der Waals surface area contributed by atoms with Gasteiger partial charge in [0.05, 0.1) is 18.0 Å². The highest BCUT2D eigenvalue weighted by Gasteiger charge is 2.63. The van der Waals surface area contributed by atoms with Crippen molar-refractivity contribution in [2.45, 2.75) is 51.6 Å². The minimum absolute atomic E-state index is 0.288. The average molecular weight is 312 g/mol. The highest BCUT2D eigenvalue weighted by molar-refractivity contribution is 6.27. The molecule has 5 rings (SSSR count). The van der Waals surface area contributed by atoms with Crippen molar-refractivity contribution in [1.29, 1.82) is 0 Å². The van der Waals surface area contributed by atoms with E-state index in [9.17, 15) is 5.11 Å². The van der Waals surface area contributed by atoms with Gasteiger partial charge in [0, 0.05) is 5.39 Å². The first-order chi connectivity index (χ1) is 10.9. The maximum absolute atomic E-state index is 10.5. The molecule has 3 saturated carbocycles. The summed E-state index contributed by atoms with van der Waals surface area (Å²) in [4.78, 5) is 0. The Bertz CT molecular complexity index is 722. The minimum Gasteiger partial charge on any atom is -0.464 e. The number of hydrogen-bond donors (Lipinski definition) is 1. The second-order valence-electron chi connectivity index (χ2n) is 8.10. The topological polar surface area (TPSA) is 42.6 Å². The largest absolute Gasteiger partial charge is 0.464 e. The summed E-state index contributed by atoms with van der Waals surface area (Å²) in [6, 6.07) is 8.10. The van der Waals surface area contributed by atoms with E-state index >= 15 is 0 Å². The fraction of sp³-hybridized carbons (Fsp3) is 0.579. The van der Waals surface area contributed by atoms with Crippen LogP contribution in [-0.4, -0.2) is 24.3 Å². The predicted molar refractivity (Wildman–Crippen MR) is 92.6 cm³/mol. The first kappa shape index (κ1) is 15.3. The van der Waals surface area contributed by atoms with Gasteiger partial charge in [-0.1, -0.05) is 32.0 Å². The van der Waals surface area contributed by atoms with Crippen molar-refractivity contribution in [3.05, 3.63) is 36.1 Å². The Morgan fingerprint density at radius 2 is 2.04 bits per heavy atom. The molecule has 3 fully saturated rings. The van der Waals surface area contributed by atoms with Crippen molar-refractivity contribution in [2.24, 2.45) is 17.3 Å². The second-order valence-corrected chi connectivity index (χ2v) is 8.10. The second kappa shape index (κ2) is 5.12. The van der Waals surface area contributed by atoms with Crippen LogP contribution in [0.25, 0.3) is 11.0 Å². The first-order valence-corrected chi connectivity index (χ1v) is 8.70. The molecule has 3 aliphatic rings. The highest BCUT2D eigenvalue weighted by atomic mass is 16.5. The molecule has 1 aromatic heterocycles. The monoisotopic (exact) mass is 312 g/mol. The van der Waals surface area contributed by atoms with Crippen LogP contribution in [0.4, 0.5) is 0 Å². The molecule has 3 nitrogen and oxygen atoms in total. The molecule has 2 bridgehead atoms. The van der Waals surface area contributed by atoms with E-state index in [1.165, 1.54) is 12.0 Å². The van der Waals surface area contributed by atoms with Gasteiger partial charge in [0.25, 0.3) is 7.48 Å². The van der Waals surface area contributed by atoms with Crippen molar-refractivity contribution in [1.82, 2.24) is 0 Å². The normalized spacial score (nSPS) is 35.0. The van der Waals surface area contributed by atoms with Crippen molar-refractivity contribution < 1.29 is 14.2 Å². The summed E-state index contributed by atoms with van der Waals surface area (Å²) >= 11 is 0. The van der Waals surface area contributed by atoms with Crippen molar-refractivity contribution in [2.75, 3.05) is 0 Å². The van der Waals surface area contributed by atoms with Crippen molar-refractivity contribution >= 4 is 18.5 Å². The van der Waals surface area contributed by atoms with Crippen LogP contribution in [0.1, 0.15) is 39.2 Å².